The molecule has 0 saturated carbocycles. The van der Waals surface area contributed by atoms with Crippen LogP contribution in [0.3, 0.4) is 0 Å². The monoisotopic (exact) mass is 237 g/mol. The van der Waals surface area contributed by atoms with E-state index in [0.29, 0.717) is 19.6 Å². The van der Waals surface area contributed by atoms with Crippen LogP contribution in [0.2, 0.25) is 0 Å². The smallest absolute Gasteiger partial charge is 0.274 e. The van der Waals surface area contributed by atoms with Gasteiger partial charge in [0.1, 0.15) is 0 Å². The van der Waals surface area contributed by atoms with E-state index in [1.165, 1.54) is 0 Å². The molecular weight excluding hydrogens is 216 g/mol. The van der Waals surface area contributed by atoms with Crippen LogP contribution >= 0.6 is 0 Å². The second-order valence-electron chi connectivity index (χ2n) is 3.36. The van der Waals surface area contributed by atoms with Gasteiger partial charge in [-0.05, 0) is 20.8 Å². The number of carbonyl (C=O) groups is 1. The number of carbonyl (C=O) groups excluding carboxylic acids is 1. The fourth-order valence-electron chi connectivity index (χ4n) is 1.49. The third-order valence-electron chi connectivity index (χ3n) is 2.80. The van der Waals surface area contributed by atoms with Crippen LogP contribution < -0.4 is 4.72 Å². The van der Waals surface area contributed by atoms with E-state index in [-0.39, 0.29) is 10.3 Å². The molecule has 0 aromatic carbocycles. The minimum absolute atomic E-state index is 0.0985. The van der Waals surface area contributed by atoms with Gasteiger partial charge in [-0.3, -0.25) is 4.79 Å². The first-order valence-corrected chi connectivity index (χ1v) is 6.74. The van der Waals surface area contributed by atoms with E-state index in [1.807, 2.05) is 20.8 Å². The number of amides is 1. The Labute approximate surface area is 92.2 Å². The van der Waals surface area contributed by atoms with Crippen molar-refractivity contribution in [2.75, 3.05) is 19.6 Å². The van der Waals surface area contributed by atoms with E-state index in [9.17, 15) is 13.2 Å². The van der Waals surface area contributed by atoms with Crippen LogP contribution in [0.5, 0.6) is 0 Å². The highest BCUT2D eigenvalue weighted by Crippen LogP contribution is 2.12. The van der Waals surface area contributed by atoms with Crippen LogP contribution in [0.4, 0.5) is 0 Å². The van der Waals surface area contributed by atoms with Crippen LogP contribution in [0.25, 0.3) is 0 Å². The van der Waals surface area contributed by atoms with Crippen molar-refractivity contribution < 1.29 is 17.1 Å². The molecule has 0 heterocycles. The Morgan fingerprint density at radius 2 is 1.47 bits per heavy atom. The SMILES string of the molecule is CCC(=O)NS(=O)(=O)[N+](CC)(CC)CC. The minimum Gasteiger partial charge on any atom is -0.274 e. The molecule has 0 rings (SSSR count). The summed E-state index contributed by atoms with van der Waals surface area (Å²) >= 11 is 0. The van der Waals surface area contributed by atoms with E-state index in [4.69, 9.17) is 0 Å². The zero-order valence-electron chi connectivity index (χ0n) is 9.91. The first kappa shape index (κ1) is 14.4. The molecule has 0 radical (unpaired) electrons. The normalized spacial score (nSPS) is 12.5. The summed E-state index contributed by atoms with van der Waals surface area (Å²) in [7, 11) is -3.61. The van der Waals surface area contributed by atoms with Gasteiger partial charge in [-0.25, -0.2) is 8.61 Å². The number of rotatable bonds is 6. The highest BCUT2D eigenvalue weighted by atomic mass is 32.2. The van der Waals surface area contributed by atoms with Crippen molar-refractivity contribution >= 4 is 16.1 Å². The Bertz CT molecular complexity index is 299. The second-order valence-corrected chi connectivity index (χ2v) is 5.29. The Morgan fingerprint density at radius 1 is 1.07 bits per heavy atom. The molecule has 6 heteroatoms. The van der Waals surface area contributed by atoms with E-state index in [0.717, 1.165) is 0 Å². The van der Waals surface area contributed by atoms with Gasteiger partial charge in [0.25, 0.3) is 0 Å². The van der Waals surface area contributed by atoms with Gasteiger partial charge < -0.3 is 0 Å². The van der Waals surface area contributed by atoms with Gasteiger partial charge in [-0.1, -0.05) is 6.92 Å². The lowest BCUT2D eigenvalue weighted by Gasteiger charge is -2.33. The van der Waals surface area contributed by atoms with E-state index in [1.54, 1.807) is 6.92 Å². The average molecular weight is 237 g/mol. The fraction of sp³-hybridized carbons (Fsp3) is 0.889. The predicted octanol–water partition coefficient (Wildman–Crippen LogP) is 0.634. The number of nitrogens with one attached hydrogen (secondary N) is 1. The van der Waals surface area contributed by atoms with Crippen molar-refractivity contribution in [3.63, 3.8) is 0 Å². The van der Waals surface area contributed by atoms with Gasteiger partial charge >= 0.3 is 10.2 Å². The van der Waals surface area contributed by atoms with Crippen LogP contribution in [0.15, 0.2) is 0 Å². The fourth-order valence-corrected chi connectivity index (χ4v) is 3.14. The molecule has 0 aromatic rings. The van der Waals surface area contributed by atoms with Crippen LogP contribution in [-0.2, 0) is 15.0 Å². The summed E-state index contributed by atoms with van der Waals surface area (Å²) in [5.41, 5.74) is 0. The summed E-state index contributed by atoms with van der Waals surface area (Å²) in [6, 6.07) is 0. The second kappa shape index (κ2) is 5.46. The van der Waals surface area contributed by atoms with Crippen molar-refractivity contribution in [1.29, 1.82) is 0 Å². The Hall–Kier alpha value is -0.620. The molecular formula is C9H21N2O3S+. The van der Waals surface area contributed by atoms with Crippen molar-refractivity contribution in [3.05, 3.63) is 0 Å². The van der Waals surface area contributed by atoms with Crippen molar-refractivity contribution in [2.24, 2.45) is 0 Å². The topological polar surface area (TPSA) is 63.2 Å². The molecule has 5 nitrogen and oxygen atoms in total. The van der Waals surface area contributed by atoms with Crippen LogP contribution in [0.1, 0.15) is 34.1 Å². The molecule has 0 aromatic heterocycles. The van der Waals surface area contributed by atoms with Crippen molar-refractivity contribution in [1.82, 2.24) is 4.72 Å². The molecule has 0 atom stereocenters. The van der Waals surface area contributed by atoms with Gasteiger partial charge in [0.05, 0.1) is 19.6 Å². The number of hydrogen-bond donors (Lipinski definition) is 1. The highest BCUT2D eigenvalue weighted by Gasteiger charge is 2.38. The lowest BCUT2D eigenvalue weighted by Crippen LogP contribution is -2.58. The third kappa shape index (κ3) is 2.92. The molecule has 0 aliphatic rings. The maximum atomic E-state index is 12.0. The first-order chi connectivity index (χ1) is 6.89. The first-order valence-electron chi connectivity index (χ1n) is 5.30. The zero-order valence-corrected chi connectivity index (χ0v) is 10.7. The standard InChI is InChI=1S/C9H20N2O3S/c1-5-9(12)10-15(13,14)11(6-2,7-3)8-4/h5-8H2,1-4H3/p+1. The minimum atomic E-state index is -3.61. The largest absolute Gasteiger partial charge is 0.396 e. The number of nitrogens with zero attached hydrogens (tertiary/aromatic N) is 1. The van der Waals surface area contributed by atoms with Crippen LogP contribution in [-0.4, -0.2) is 37.8 Å². The molecule has 0 spiro atoms. The lowest BCUT2D eigenvalue weighted by molar-refractivity contribution is -0.801. The summed E-state index contributed by atoms with van der Waals surface area (Å²) < 4.78 is 25.9. The molecule has 0 saturated heterocycles. The molecule has 15 heavy (non-hydrogen) atoms. The average Bonchev–Trinajstić information content (AvgIpc) is 2.20. The van der Waals surface area contributed by atoms with E-state index in [2.05, 4.69) is 4.72 Å². The zero-order chi connectivity index (χ0) is 12.1. The summed E-state index contributed by atoms with van der Waals surface area (Å²) in [6.45, 7) is 8.43. The van der Waals surface area contributed by atoms with Gasteiger partial charge in [-0.15, -0.1) is 0 Å². The molecule has 1 N–H and O–H groups in total. The third-order valence-corrected chi connectivity index (χ3v) is 5.08. The van der Waals surface area contributed by atoms with E-state index < -0.39 is 16.1 Å². The maximum absolute atomic E-state index is 12.0. The Kier molecular flexibility index (Phi) is 5.23. The van der Waals surface area contributed by atoms with Gasteiger partial charge in [-0.2, -0.15) is 8.42 Å². The van der Waals surface area contributed by atoms with Gasteiger partial charge in [0.15, 0.2) is 0 Å². The van der Waals surface area contributed by atoms with E-state index >= 15 is 0 Å². The van der Waals surface area contributed by atoms with Crippen molar-refractivity contribution in [2.45, 2.75) is 34.1 Å². The Balaban J connectivity index is 5.05. The highest BCUT2D eigenvalue weighted by molar-refractivity contribution is 7.84. The van der Waals surface area contributed by atoms with Gasteiger partial charge in [0.2, 0.25) is 5.91 Å². The molecule has 1 amide bonds. The summed E-state index contributed by atoms with van der Waals surface area (Å²) in [5, 5.41) is 0. The molecule has 0 unspecified atom stereocenters. The predicted molar refractivity (Wildman–Crippen MR) is 59.2 cm³/mol. The molecule has 90 valence electrons. The lowest BCUT2D eigenvalue weighted by atomic mass is 10.5. The Morgan fingerprint density at radius 3 is 1.73 bits per heavy atom. The maximum Gasteiger partial charge on any atom is 0.396 e. The quantitative estimate of drug-likeness (QED) is 0.689. The number of hydrogen-bond acceptors (Lipinski definition) is 3. The molecule has 0 fully saturated rings. The van der Waals surface area contributed by atoms with Gasteiger partial charge in [0, 0.05) is 6.42 Å². The molecule has 0 aliphatic heterocycles. The summed E-state index contributed by atoms with van der Waals surface area (Å²) in [5.74, 6) is -0.451. The molecule has 0 aliphatic carbocycles. The number of quaternary nitrogens is 1. The van der Waals surface area contributed by atoms with Crippen LogP contribution in [0, 0.1) is 0 Å². The molecule has 0 bridgehead atoms. The van der Waals surface area contributed by atoms with Crippen molar-refractivity contribution in [3.8, 4) is 0 Å². The summed E-state index contributed by atoms with van der Waals surface area (Å²) in [4.78, 5) is 11.1. The summed E-state index contributed by atoms with van der Waals surface area (Å²) in [6.07, 6.45) is 0.177.